The van der Waals surface area contributed by atoms with Crippen molar-refractivity contribution in [1.29, 1.82) is 0 Å². The van der Waals surface area contributed by atoms with E-state index in [9.17, 15) is 19.2 Å². The van der Waals surface area contributed by atoms with Gasteiger partial charge in [0, 0.05) is 24.5 Å². The highest BCUT2D eigenvalue weighted by atomic mass is 35.5. The summed E-state index contributed by atoms with van der Waals surface area (Å²) in [6, 6.07) is 4.36. The lowest BCUT2D eigenvalue weighted by Gasteiger charge is -2.23. The van der Waals surface area contributed by atoms with E-state index in [2.05, 4.69) is 10.6 Å². The quantitative estimate of drug-likeness (QED) is 0.522. The number of anilines is 1. The maximum Gasteiger partial charge on any atom is 0.325 e. The third-order valence-corrected chi connectivity index (χ3v) is 6.41. The molecule has 0 aromatic heterocycles. The molecule has 2 aliphatic rings. The van der Waals surface area contributed by atoms with Gasteiger partial charge in [0.15, 0.2) is 0 Å². The van der Waals surface area contributed by atoms with Crippen molar-refractivity contribution in [3.8, 4) is 0 Å². The number of urea groups is 1. The van der Waals surface area contributed by atoms with E-state index in [1.807, 2.05) is 6.92 Å². The highest BCUT2D eigenvalue weighted by molar-refractivity contribution is 6.36. The predicted octanol–water partition coefficient (Wildman–Crippen LogP) is 3.82. The van der Waals surface area contributed by atoms with Gasteiger partial charge in [0.05, 0.1) is 17.3 Å². The molecule has 10 heteroatoms. The van der Waals surface area contributed by atoms with Crippen LogP contribution in [0.25, 0.3) is 0 Å². The molecule has 0 atom stereocenters. The molecule has 0 unspecified atom stereocenters. The lowest BCUT2D eigenvalue weighted by atomic mass is 9.98. The molecule has 1 saturated carbocycles. The summed E-state index contributed by atoms with van der Waals surface area (Å²) in [6.07, 6.45) is 4.36. The summed E-state index contributed by atoms with van der Waals surface area (Å²) < 4.78 is 0. The van der Waals surface area contributed by atoms with Crippen molar-refractivity contribution in [2.75, 3.05) is 25.0 Å². The lowest BCUT2D eigenvalue weighted by molar-refractivity contribution is -0.135. The molecule has 5 amide bonds. The molecular formula is C22H28Cl2N4O4. The number of benzene rings is 1. The van der Waals surface area contributed by atoms with Gasteiger partial charge in [-0.1, -0.05) is 43.0 Å². The summed E-state index contributed by atoms with van der Waals surface area (Å²) in [5.74, 6) is -0.753. The fraction of sp³-hybridized carbons (Fsp3) is 0.545. The van der Waals surface area contributed by atoms with Gasteiger partial charge in [-0.15, -0.1) is 0 Å². The number of hydrogen-bond acceptors (Lipinski definition) is 4. The first-order chi connectivity index (χ1) is 15.3. The van der Waals surface area contributed by atoms with Crippen LogP contribution in [0.4, 0.5) is 10.5 Å². The number of carbonyl (C=O) groups excluding carboxylic acids is 4. The fourth-order valence-electron chi connectivity index (χ4n) is 4.26. The van der Waals surface area contributed by atoms with Gasteiger partial charge >= 0.3 is 6.03 Å². The van der Waals surface area contributed by atoms with Crippen LogP contribution in [0.5, 0.6) is 0 Å². The van der Waals surface area contributed by atoms with Gasteiger partial charge in [-0.2, -0.15) is 0 Å². The van der Waals surface area contributed by atoms with Crippen LogP contribution < -0.4 is 10.6 Å². The summed E-state index contributed by atoms with van der Waals surface area (Å²) in [5.41, 5.74) is -0.319. The van der Waals surface area contributed by atoms with Crippen molar-refractivity contribution in [1.82, 2.24) is 15.1 Å². The summed E-state index contributed by atoms with van der Waals surface area (Å²) in [4.78, 5) is 52.8. The van der Waals surface area contributed by atoms with Crippen LogP contribution in [0, 0.1) is 0 Å². The number of nitrogens with zero attached hydrogens (tertiary/aromatic N) is 2. The van der Waals surface area contributed by atoms with Crippen LogP contribution >= 0.6 is 23.2 Å². The lowest BCUT2D eigenvalue weighted by Crippen LogP contribution is -2.44. The van der Waals surface area contributed by atoms with E-state index in [1.54, 1.807) is 12.1 Å². The van der Waals surface area contributed by atoms with Crippen molar-refractivity contribution in [2.45, 2.75) is 57.4 Å². The van der Waals surface area contributed by atoms with Crippen molar-refractivity contribution in [3.05, 3.63) is 28.2 Å². The maximum absolute atomic E-state index is 12.7. The smallest absolute Gasteiger partial charge is 0.325 e. The van der Waals surface area contributed by atoms with Crippen molar-refractivity contribution in [2.24, 2.45) is 0 Å². The van der Waals surface area contributed by atoms with Crippen LogP contribution in [0.2, 0.25) is 10.0 Å². The molecule has 174 valence electrons. The number of halogens is 2. The second kappa shape index (κ2) is 10.5. The third kappa shape index (κ3) is 5.53. The number of hydrogen-bond donors (Lipinski definition) is 2. The topological polar surface area (TPSA) is 98.8 Å². The van der Waals surface area contributed by atoms with Gasteiger partial charge in [0.1, 0.15) is 5.54 Å². The van der Waals surface area contributed by atoms with Gasteiger partial charge in [-0.3, -0.25) is 19.3 Å². The molecule has 0 radical (unpaired) electrons. The summed E-state index contributed by atoms with van der Waals surface area (Å²) in [6.45, 7) is 2.41. The minimum absolute atomic E-state index is 0.113. The minimum atomic E-state index is -0.740. The first kappa shape index (κ1) is 24.3. The minimum Gasteiger partial charge on any atom is -0.333 e. The highest BCUT2D eigenvalue weighted by Gasteiger charge is 2.52. The van der Waals surface area contributed by atoms with Crippen molar-refractivity contribution >= 4 is 52.6 Å². The summed E-state index contributed by atoms with van der Waals surface area (Å²) >= 11 is 12.0. The van der Waals surface area contributed by atoms with Crippen LogP contribution in [-0.4, -0.2) is 58.7 Å². The van der Waals surface area contributed by atoms with Crippen LogP contribution in [0.1, 0.15) is 51.9 Å². The van der Waals surface area contributed by atoms with E-state index in [4.69, 9.17) is 23.2 Å². The Morgan fingerprint density at radius 1 is 1.22 bits per heavy atom. The molecule has 1 aliphatic carbocycles. The van der Waals surface area contributed by atoms with Crippen molar-refractivity contribution < 1.29 is 19.2 Å². The van der Waals surface area contributed by atoms with Gasteiger partial charge in [0.25, 0.3) is 5.91 Å². The van der Waals surface area contributed by atoms with Gasteiger partial charge in [-0.25, -0.2) is 4.79 Å². The van der Waals surface area contributed by atoms with E-state index in [0.29, 0.717) is 48.0 Å². The average Bonchev–Trinajstić information content (AvgIpc) is 3.30. The molecule has 3 rings (SSSR count). The average molecular weight is 483 g/mol. The fourth-order valence-corrected chi connectivity index (χ4v) is 4.71. The molecule has 1 saturated heterocycles. The molecule has 2 fully saturated rings. The molecule has 32 heavy (non-hydrogen) atoms. The molecule has 2 N–H and O–H groups in total. The molecule has 1 heterocycles. The van der Waals surface area contributed by atoms with Gasteiger partial charge in [0.2, 0.25) is 11.8 Å². The Hall–Kier alpha value is -2.32. The summed E-state index contributed by atoms with van der Waals surface area (Å²) in [5, 5.41) is 6.30. The Morgan fingerprint density at radius 2 is 1.94 bits per heavy atom. The van der Waals surface area contributed by atoms with Gasteiger partial charge in [-0.05, 0) is 43.9 Å². The SMILES string of the molecule is CCCN(CC(=O)Nc1ccc(Cl)cc1Cl)C(=O)CCCN1C(=O)NC2(CCCC2)C1=O. The number of carbonyl (C=O) groups is 4. The zero-order valence-corrected chi connectivity index (χ0v) is 19.6. The van der Waals surface area contributed by atoms with Crippen LogP contribution in [-0.2, 0) is 14.4 Å². The Bertz CT molecular complexity index is 902. The summed E-state index contributed by atoms with van der Waals surface area (Å²) in [7, 11) is 0. The normalized spacial score (nSPS) is 17.0. The molecule has 1 spiro atoms. The zero-order chi connectivity index (χ0) is 23.3. The van der Waals surface area contributed by atoms with E-state index in [0.717, 1.165) is 12.8 Å². The molecule has 1 aromatic carbocycles. The van der Waals surface area contributed by atoms with Crippen LogP contribution in [0.15, 0.2) is 18.2 Å². The van der Waals surface area contributed by atoms with E-state index in [-0.39, 0.29) is 43.3 Å². The maximum atomic E-state index is 12.7. The second-order valence-corrected chi connectivity index (χ2v) is 9.11. The first-order valence-electron chi connectivity index (χ1n) is 10.9. The molecule has 1 aromatic rings. The third-order valence-electron chi connectivity index (χ3n) is 5.86. The monoisotopic (exact) mass is 482 g/mol. The number of nitrogens with one attached hydrogen (secondary N) is 2. The Kier molecular flexibility index (Phi) is 8.00. The van der Waals surface area contributed by atoms with E-state index in [1.165, 1.54) is 15.9 Å². The zero-order valence-electron chi connectivity index (χ0n) is 18.1. The molecular weight excluding hydrogens is 455 g/mol. The van der Waals surface area contributed by atoms with Crippen LogP contribution in [0.3, 0.4) is 0 Å². The number of amides is 5. The largest absolute Gasteiger partial charge is 0.333 e. The highest BCUT2D eigenvalue weighted by Crippen LogP contribution is 2.35. The molecule has 1 aliphatic heterocycles. The molecule has 0 bridgehead atoms. The Morgan fingerprint density at radius 3 is 2.59 bits per heavy atom. The first-order valence-corrected chi connectivity index (χ1v) is 11.7. The number of rotatable bonds is 9. The van der Waals surface area contributed by atoms with E-state index < -0.39 is 5.54 Å². The molecule has 8 nitrogen and oxygen atoms in total. The second-order valence-electron chi connectivity index (χ2n) is 8.27. The van der Waals surface area contributed by atoms with Crippen molar-refractivity contribution in [3.63, 3.8) is 0 Å². The predicted molar refractivity (Wildman–Crippen MR) is 123 cm³/mol. The number of imide groups is 1. The van der Waals surface area contributed by atoms with Gasteiger partial charge < -0.3 is 15.5 Å². The van der Waals surface area contributed by atoms with E-state index >= 15 is 0 Å². The standard InChI is InChI=1S/C22H28Cl2N4O4/c1-2-11-27(14-18(29)25-17-8-7-15(23)13-16(17)24)19(30)6-5-12-28-20(31)22(26-21(28)32)9-3-4-10-22/h7-8,13H,2-6,9-12,14H2,1H3,(H,25,29)(H,26,32). The Labute approximate surface area is 197 Å². The Balaban J connectivity index is 1.51.